The molecule has 2 heterocycles. The number of ether oxygens (including phenoxy) is 1. The minimum absolute atomic E-state index is 0.106. The smallest absolute Gasteiger partial charge is 0.407 e. The molecule has 4 atom stereocenters. The molecule has 8 nitrogen and oxygen atoms in total. The number of thiophene rings is 1. The number of rotatable bonds is 4. The fourth-order valence-electron chi connectivity index (χ4n) is 3.61. The Hall–Kier alpha value is -2.18. The third-order valence-corrected chi connectivity index (χ3v) is 5.96. The predicted molar refractivity (Wildman–Crippen MR) is 109 cm³/mol. The van der Waals surface area contributed by atoms with E-state index in [2.05, 4.69) is 15.3 Å². The highest BCUT2D eigenvalue weighted by molar-refractivity contribution is 7.18. The molecule has 1 aliphatic rings. The molecule has 1 fully saturated rings. The van der Waals surface area contributed by atoms with Gasteiger partial charge in [-0.05, 0) is 33.3 Å². The number of aliphatic hydroxyl groups excluding tert-OH is 2. The second-order valence-corrected chi connectivity index (χ2v) is 9.68. The fourth-order valence-corrected chi connectivity index (χ4v) is 4.63. The van der Waals surface area contributed by atoms with Crippen molar-refractivity contribution in [3.63, 3.8) is 0 Å². The van der Waals surface area contributed by atoms with E-state index in [1.807, 2.05) is 0 Å². The van der Waals surface area contributed by atoms with Crippen molar-refractivity contribution in [3.05, 3.63) is 17.3 Å². The van der Waals surface area contributed by atoms with Gasteiger partial charge < -0.3 is 25.2 Å². The number of hydrogen-bond acceptors (Lipinski definition) is 8. The van der Waals surface area contributed by atoms with E-state index in [1.165, 1.54) is 12.4 Å². The number of likely N-dealkylation sites (N-methyl/N-ethyl adjacent to an activating group) is 1. The highest BCUT2D eigenvalue weighted by atomic mass is 32.1. The van der Waals surface area contributed by atoms with Gasteiger partial charge in [0.15, 0.2) is 0 Å². The van der Waals surface area contributed by atoms with Gasteiger partial charge in [-0.15, -0.1) is 11.3 Å². The van der Waals surface area contributed by atoms with Gasteiger partial charge >= 0.3 is 12.3 Å². The Morgan fingerprint density at radius 2 is 1.97 bits per heavy atom. The molecular weight excluding hydrogens is 437 g/mol. The summed E-state index contributed by atoms with van der Waals surface area (Å²) in [6.07, 6.45) is -7.16. The molecule has 1 aliphatic carbocycles. The summed E-state index contributed by atoms with van der Waals surface area (Å²) in [5, 5.41) is 24.0. The summed E-state index contributed by atoms with van der Waals surface area (Å²) in [5.41, 5.74) is -0.720. The van der Waals surface area contributed by atoms with E-state index >= 15 is 0 Å². The van der Waals surface area contributed by atoms with E-state index in [0.717, 1.165) is 11.3 Å². The van der Waals surface area contributed by atoms with E-state index in [9.17, 15) is 28.2 Å². The van der Waals surface area contributed by atoms with Gasteiger partial charge in [0.2, 0.25) is 0 Å². The standard InChI is InChI=1S/C19H25F3N4O4S/c1-18(2,3)30-17(29)25-11-6-12(14(28)13(11)27)26(4)15-10-5-9(7-19(20,21)22)31-16(10)24-8-23-15/h5,8,11-14,27-28H,6-7H2,1-4H3,(H,25,29)/t11-,12+,13+,14-/m1/s1. The van der Waals surface area contributed by atoms with Crippen LogP contribution >= 0.6 is 11.3 Å². The van der Waals surface area contributed by atoms with E-state index < -0.39 is 48.6 Å². The quantitative estimate of drug-likeness (QED) is 0.641. The van der Waals surface area contributed by atoms with Crippen LogP contribution in [-0.2, 0) is 11.2 Å². The van der Waals surface area contributed by atoms with Gasteiger partial charge in [-0.1, -0.05) is 0 Å². The molecule has 12 heteroatoms. The number of fused-ring (bicyclic) bond motifs is 1. The molecule has 0 radical (unpaired) electrons. The molecule has 172 valence electrons. The molecule has 0 bridgehead atoms. The maximum Gasteiger partial charge on any atom is 0.407 e. The number of amides is 1. The molecule has 0 aromatic carbocycles. The minimum atomic E-state index is -4.34. The lowest BCUT2D eigenvalue weighted by Gasteiger charge is -2.28. The van der Waals surface area contributed by atoms with Gasteiger partial charge in [0.25, 0.3) is 0 Å². The number of alkyl halides is 3. The van der Waals surface area contributed by atoms with E-state index in [4.69, 9.17) is 4.74 Å². The zero-order valence-corrected chi connectivity index (χ0v) is 18.3. The third kappa shape index (κ3) is 5.55. The summed E-state index contributed by atoms with van der Waals surface area (Å²) < 4.78 is 43.5. The monoisotopic (exact) mass is 462 g/mol. The van der Waals surface area contributed by atoms with Crippen LogP contribution in [0, 0.1) is 0 Å². The Kier molecular flexibility index (Phi) is 6.36. The van der Waals surface area contributed by atoms with Crippen LogP contribution in [0.15, 0.2) is 12.4 Å². The van der Waals surface area contributed by atoms with Crippen molar-refractivity contribution in [2.75, 3.05) is 11.9 Å². The average Bonchev–Trinajstić information content (AvgIpc) is 3.13. The first-order valence-corrected chi connectivity index (χ1v) is 10.5. The SMILES string of the molecule is CN(c1ncnc2sc(CC(F)(F)F)cc12)[C@H]1C[C@@H](NC(=O)OC(C)(C)C)[C@H](O)[C@@H]1O. The number of nitrogens with one attached hydrogen (secondary N) is 1. The summed E-state index contributed by atoms with van der Waals surface area (Å²) in [6, 6.07) is -0.00931. The van der Waals surface area contributed by atoms with Crippen LogP contribution in [0.1, 0.15) is 32.1 Å². The Labute approximate surface area is 181 Å². The van der Waals surface area contributed by atoms with Crippen LogP contribution in [0.5, 0.6) is 0 Å². The Balaban J connectivity index is 1.80. The number of hydrogen-bond donors (Lipinski definition) is 3. The van der Waals surface area contributed by atoms with E-state index in [1.54, 1.807) is 32.7 Å². The van der Waals surface area contributed by atoms with Crippen LogP contribution in [0.3, 0.4) is 0 Å². The topological polar surface area (TPSA) is 108 Å². The van der Waals surface area contributed by atoms with Gasteiger partial charge in [-0.25, -0.2) is 14.8 Å². The second-order valence-electron chi connectivity index (χ2n) is 8.57. The Morgan fingerprint density at radius 1 is 1.29 bits per heavy atom. The molecule has 0 saturated heterocycles. The predicted octanol–water partition coefficient (Wildman–Crippen LogP) is 2.62. The van der Waals surface area contributed by atoms with Crippen molar-refractivity contribution in [2.24, 2.45) is 0 Å². The summed E-state index contributed by atoms with van der Waals surface area (Å²) in [7, 11) is 1.62. The largest absolute Gasteiger partial charge is 0.444 e. The molecule has 3 N–H and O–H groups in total. The molecule has 0 unspecified atom stereocenters. The lowest BCUT2D eigenvalue weighted by molar-refractivity contribution is -0.126. The van der Waals surface area contributed by atoms with Crippen molar-refractivity contribution < 1.29 is 32.9 Å². The van der Waals surface area contributed by atoms with Crippen molar-refractivity contribution in [1.82, 2.24) is 15.3 Å². The Bertz CT molecular complexity index is 946. The number of nitrogens with zero attached hydrogens (tertiary/aromatic N) is 3. The minimum Gasteiger partial charge on any atom is -0.444 e. The van der Waals surface area contributed by atoms with Crippen LogP contribution in [0.2, 0.25) is 0 Å². The highest BCUT2D eigenvalue weighted by Gasteiger charge is 2.45. The average molecular weight is 462 g/mol. The van der Waals surface area contributed by atoms with Crippen LogP contribution < -0.4 is 10.2 Å². The van der Waals surface area contributed by atoms with Crippen LogP contribution in [0.25, 0.3) is 10.2 Å². The molecule has 1 amide bonds. The zero-order chi connectivity index (χ0) is 23.1. The second kappa shape index (κ2) is 8.40. The molecular formula is C19H25F3N4O4S. The number of alkyl carbamates (subject to hydrolysis) is 1. The van der Waals surface area contributed by atoms with Crippen LogP contribution in [0.4, 0.5) is 23.8 Å². The van der Waals surface area contributed by atoms with Gasteiger partial charge in [-0.3, -0.25) is 0 Å². The van der Waals surface area contributed by atoms with E-state index in [0.29, 0.717) is 16.0 Å². The summed E-state index contributed by atoms with van der Waals surface area (Å²) in [6.45, 7) is 5.12. The molecule has 2 aromatic rings. The first-order chi connectivity index (χ1) is 14.2. The van der Waals surface area contributed by atoms with Gasteiger partial charge in [0, 0.05) is 11.9 Å². The molecule has 3 rings (SSSR count). The molecule has 2 aromatic heterocycles. The van der Waals surface area contributed by atoms with Gasteiger partial charge in [0.1, 0.15) is 34.8 Å². The van der Waals surface area contributed by atoms with Crippen molar-refractivity contribution in [2.45, 2.75) is 69.7 Å². The number of anilines is 1. The molecule has 31 heavy (non-hydrogen) atoms. The van der Waals surface area contributed by atoms with Gasteiger partial charge in [0.05, 0.1) is 23.9 Å². The normalized spacial score (nSPS) is 24.4. The van der Waals surface area contributed by atoms with Crippen molar-refractivity contribution >= 4 is 33.5 Å². The van der Waals surface area contributed by atoms with Crippen LogP contribution in [-0.4, -0.2) is 69.4 Å². The third-order valence-electron chi connectivity index (χ3n) is 4.92. The molecule has 0 spiro atoms. The first kappa shape index (κ1) is 23.5. The van der Waals surface area contributed by atoms with Crippen molar-refractivity contribution in [1.29, 1.82) is 0 Å². The first-order valence-electron chi connectivity index (χ1n) is 9.64. The number of aromatic nitrogens is 2. The summed E-state index contributed by atoms with van der Waals surface area (Å²) >= 11 is 0.931. The maximum absolute atomic E-state index is 12.8. The number of carbonyl (C=O) groups is 1. The lowest BCUT2D eigenvalue weighted by Crippen LogP contribution is -2.45. The summed E-state index contributed by atoms with van der Waals surface area (Å²) in [4.78, 5) is 22.4. The molecule has 0 aliphatic heterocycles. The van der Waals surface area contributed by atoms with Gasteiger partial charge in [-0.2, -0.15) is 13.2 Å². The fraction of sp³-hybridized carbons (Fsp3) is 0.632. The zero-order valence-electron chi connectivity index (χ0n) is 17.5. The summed E-state index contributed by atoms with van der Waals surface area (Å²) in [5.74, 6) is 0.337. The Morgan fingerprint density at radius 3 is 2.58 bits per heavy atom. The lowest BCUT2D eigenvalue weighted by atomic mass is 10.1. The molecule has 1 saturated carbocycles. The number of aliphatic hydroxyl groups is 2. The number of halogens is 3. The maximum atomic E-state index is 12.8. The van der Waals surface area contributed by atoms with E-state index in [-0.39, 0.29) is 11.3 Å². The number of carbonyl (C=O) groups excluding carboxylic acids is 1. The highest BCUT2D eigenvalue weighted by Crippen LogP contribution is 2.36. The van der Waals surface area contributed by atoms with Crippen molar-refractivity contribution in [3.8, 4) is 0 Å².